The van der Waals surface area contributed by atoms with Crippen LogP contribution in [0.3, 0.4) is 0 Å². The Kier molecular flexibility index (Phi) is 6.99. The smallest absolute Gasteiger partial charge is 0.254 e. The highest BCUT2D eigenvalue weighted by Gasteiger charge is 2.34. The van der Waals surface area contributed by atoms with Crippen molar-refractivity contribution in [1.82, 2.24) is 9.29 Å². The molecule has 1 aliphatic heterocycles. The van der Waals surface area contributed by atoms with Gasteiger partial charge in [-0.25, -0.2) is 13.1 Å². The van der Waals surface area contributed by atoms with Crippen molar-refractivity contribution in [2.45, 2.75) is 83.9 Å². The molecule has 2 heterocycles. The Balaban J connectivity index is 1.80. The van der Waals surface area contributed by atoms with Gasteiger partial charge in [-0.3, -0.25) is 4.79 Å². The molecule has 1 fully saturated rings. The maximum atomic E-state index is 12.9. The summed E-state index contributed by atoms with van der Waals surface area (Å²) in [5.74, 6) is 0.831. The Labute approximate surface area is 168 Å². The van der Waals surface area contributed by atoms with Crippen LogP contribution in [0.15, 0.2) is 16.9 Å². The van der Waals surface area contributed by atoms with Crippen LogP contribution in [-0.2, 0) is 21.2 Å². The van der Waals surface area contributed by atoms with Crippen molar-refractivity contribution >= 4 is 10.0 Å². The number of aromatic nitrogens is 1. The minimum absolute atomic E-state index is 0.0354. The number of rotatable bonds is 7. The predicted octanol–water partition coefficient (Wildman–Crippen LogP) is 2.94. The lowest BCUT2D eigenvalue weighted by Crippen LogP contribution is -2.50. The van der Waals surface area contributed by atoms with Gasteiger partial charge in [0, 0.05) is 17.3 Å². The van der Waals surface area contributed by atoms with Crippen LogP contribution in [-0.4, -0.2) is 37.5 Å². The monoisotopic (exact) mass is 410 g/mol. The molecule has 2 aliphatic rings. The summed E-state index contributed by atoms with van der Waals surface area (Å²) >= 11 is 0. The molecular weight excluding hydrogens is 376 g/mol. The zero-order valence-electron chi connectivity index (χ0n) is 17.3. The summed E-state index contributed by atoms with van der Waals surface area (Å²) in [6.45, 7) is 6.05. The lowest BCUT2D eigenvalue weighted by molar-refractivity contribution is -0.00694. The number of pyridine rings is 1. The third kappa shape index (κ3) is 4.86. The highest BCUT2D eigenvalue weighted by atomic mass is 32.2. The molecule has 1 aromatic rings. The first-order chi connectivity index (χ1) is 13.3. The van der Waals surface area contributed by atoms with Crippen molar-refractivity contribution in [3.05, 3.63) is 33.7 Å². The van der Waals surface area contributed by atoms with E-state index in [2.05, 4.69) is 11.6 Å². The standard InChI is InChI=1S/C21H34N2O4S/c1-4-16-7-11-18(12-8-16)27-14-20-19(22-28(25,26)5-2)13-10-17-9-6-15(3)21(24)23(17)20/h6,9,16,18-20,22H,4-5,7-8,10-14H2,1-3H3/t16?,18?,19-,20-/m0/s1. The minimum atomic E-state index is -3.35. The van der Waals surface area contributed by atoms with E-state index in [9.17, 15) is 13.2 Å². The third-order valence-corrected chi connectivity index (χ3v) is 7.91. The minimum Gasteiger partial charge on any atom is -0.376 e. The molecule has 3 rings (SSSR count). The third-order valence-electron chi connectivity index (χ3n) is 6.48. The molecule has 6 nitrogen and oxygen atoms in total. The van der Waals surface area contributed by atoms with Gasteiger partial charge < -0.3 is 9.30 Å². The summed E-state index contributed by atoms with van der Waals surface area (Å²) in [5.41, 5.74) is 1.60. The second-order valence-corrected chi connectivity index (χ2v) is 10.3. The van der Waals surface area contributed by atoms with Crippen LogP contribution in [0.4, 0.5) is 0 Å². The van der Waals surface area contributed by atoms with E-state index in [0.29, 0.717) is 25.0 Å². The molecule has 0 saturated heterocycles. The van der Waals surface area contributed by atoms with E-state index in [1.54, 1.807) is 18.4 Å². The topological polar surface area (TPSA) is 77.4 Å². The number of fused-ring (bicyclic) bond motifs is 1. The quantitative estimate of drug-likeness (QED) is 0.750. The first-order valence-electron chi connectivity index (χ1n) is 10.7. The molecule has 1 saturated carbocycles. The number of hydrogen-bond acceptors (Lipinski definition) is 4. The van der Waals surface area contributed by atoms with E-state index >= 15 is 0 Å². The fourth-order valence-corrected chi connectivity index (χ4v) is 5.42. The van der Waals surface area contributed by atoms with Gasteiger partial charge in [0.1, 0.15) is 0 Å². The molecule has 2 atom stereocenters. The summed E-state index contributed by atoms with van der Waals surface area (Å²) in [5, 5.41) is 0. The lowest BCUT2D eigenvalue weighted by atomic mass is 9.86. The van der Waals surface area contributed by atoms with E-state index in [0.717, 1.165) is 24.5 Å². The van der Waals surface area contributed by atoms with E-state index in [1.165, 1.54) is 19.3 Å². The van der Waals surface area contributed by atoms with Gasteiger partial charge in [-0.05, 0) is 64.4 Å². The zero-order valence-corrected chi connectivity index (χ0v) is 18.1. The van der Waals surface area contributed by atoms with Crippen LogP contribution < -0.4 is 10.3 Å². The molecule has 0 spiro atoms. The number of hydrogen-bond donors (Lipinski definition) is 1. The Morgan fingerprint density at radius 3 is 2.50 bits per heavy atom. The van der Waals surface area contributed by atoms with Crippen molar-refractivity contribution in [3.8, 4) is 0 Å². The molecule has 7 heteroatoms. The molecule has 0 radical (unpaired) electrons. The fourth-order valence-electron chi connectivity index (χ4n) is 4.52. The van der Waals surface area contributed by atoms with Gasteiger partial charge in [0.15, 0.2) is 0 Å². The summed E-state index contributed by atoms with van der Waals surface area (Å²) in [6, 6.07) is 3.22. The van der Waals surface area contributed by atoms with Crippen LogP contribution in [0.2, 0.25) is 0 Å². The van der Waals surface area contributed by atoms with Crippen molar-refractivity contribution < 1.29 is 13.2 Å². The van der Waals surface area contributed by atoms with E-state index in [1.807, 2.05) is 12.1 Å². The second-order valence-electron chi connectivity index (χ2n) is 8.30. The first-order valence-corrected chi connectivity index (χ1v) is 12.3. The van der Waals surface area contributed by atoms with E-state index in [-0.39, 0.29) is 29.5 Å². The lowest BCUT2D eigenvalue weighted by Gasteiger charge is -2.37. The molecule has 1 aromatic heterocycles. The summed E-state index contributed by atoms with van der Waals surface area (Å²) < 4.78 is 35.3. The number of aryl methyl sites for hydroxylation is 2. The normalized spacial score (nSPS) is 28.1. The van der Waals surface area contributed by atoms with Gasteiger partial charge in [0.25, 0.3) is 5.56 Å². The maximum absolute atomic E-state index is 12.9. The number of nitrogens with zero attached hydrogens (tertiary/aromatic N) is 1. The summed E-state index contributed by atoms with van der Waals surface area (Å²) in [7, 11) is -3.35. The molecule has 28 heavy (non-hydrogen) atoms. The Morgan fingerprint density at radius 1 is 1.14 bits per heavy atom. The highest BCUT2D eigenvalue weighted by Crippen LogP contribution is 2.30. The molecule has 0 amide bonds. The molecule has 0 bridgehead atoms. The van der Waals surface area contributed by atoms with Crippen LogP contribution in [0.1, 0.15) is 69.7 Å². The highest BCUT2D eigenvalue weighted by molar-refractivity contribution is 7.89. The van der Waals surface area contributed by atoms with Gasteiger partial charge in [0.2, 0.25) is 10.0 Å². The molecule has 0 unspecified atom stereocenters. The summed E-state index contributed by atoms with van der Waals surface area (Å²) in [4.78, 5) is 12.9. The molecule has 1 N–H and O–H groups in total. The second kappa shape index (κ2) is 9.09. The van der Waals surface area contributed by atoms with Gasteiger partial charge >= 0.3 is 0 Å². The SMILES string of the molecule is CCC1CCC(OC[C@H]2[C@@H](NS(=O)(=O)CC)CCc3ccc(C)c(=O)n32)CC1. The van der Waals surface area contributed by atoms with Crippen molar-refractivity contribution in [1.29, 1.82) is 0 Å². The first kappa shape index (κ1) is 21.5. The van der Waals surface area contributed by atoms with Crippen LogP contribution in [0, 0.1) is 12.8 Å². The van der Waals surface area contributed by atoms with Crippen LogP contribution >= 0.6 is 0 Å². The summed E-state index contributed by atoms with van der Waals surface area (Å²) in [6.07, 6.45) is 7.26. The van der Waals surface area contributed by atoms with Crippen molar-refractivity contribution in [3.63, 3.8) is 0 Å². The van der Waals surface area contributed by atoms with E-state index in [4.69, 9.17) is 4.74 Å². The Bertz CT molecular complexity index is 825. The van der Waals surface area contributed by atoms with Gasteiger partial charge in [0.05, 0.1) is 24.5 Å². The molecule has 0 aromatic carbocycles. The molecule has 1 aliphatic carbocycles. The van der Waals surface area contributed by atoms with E-state index < -0.39 is 10.0 Å². The largest absolute Gasteiger partial charge is 0.376 e. The van der Waals surface area contributed by atoms with Crippen molar-refractivity contribution in [2.75, 3.05) is 12.4 Å². The van der Waals surface area contributed by atoms with Gasteiger partial charge in [-0.1, -0.05) is 19.4 Å². The van der Waals surface area contributed by atoms with Crippen LogP contribution in [0.25, 0.3) is 0 Å². The molecular formula is C21H34N2O4S. The average molecular weight is 411 g/mol. The zero-order chi connectivity index (χ0) is 20.3. The fraction of sp³-hybridized carbons (Fsp3) is 0.762. The van der Waals surface area contributed by atoms with Crippen molar-refractivity contribution in [2.24, 2.45) is 5.92 Å². The van der Waals surface area contributed by atoms with Gasteiger partial charge in [-0.2, -0.15) is 0 Å². The van der Waals surface area contributed by atoms with Crippen LogP contribution in [0.5, 0.6) is 0 Å². The predicted molar refractivity (Wildman–Crippen MR) is 111 cm³/mol. The Hall–Kier alpha value is -1.18. The number of ether oxygens (including phenoxy) is 1. The number of nitrogens with one attached hydrogen (secondary N) is 1. The van der Waals surface area contributed by atoms with Gasteiger partial charge in [-0.15, -0.1) is 0 Å². The Morgan fingerprint density at radius 2 is 1.86 bits per heavy atom. The number of sulfonamides is 1. The maximum Gasteiger partial charge on any atom is 0.254 e. The average Bonchev–Trinajstić information content (AvgIpc) is 2.70. The molecule has 158 valence electrons.